The maximum atomic E-state index is 5.69. The van der Waals surface area contributed by atoms with Crippen LogP contribution in [0.4, 0.5) is 0 Å². The Bertz CT molecular complexity index is 255. The van der Waals surface area contributed by atoms with Gasteiger partial charge in [0.2, 0.25) is 0 Å². The predicted octanol–water partition coefficient (Wildman–Crippen LogP) is 0.892. The second-order valence-electron chi connectivity index (χ2n) is 3.67. The Kier molecular flexibility index (Phi) is 2.93. The van der Waals surface area contributed by atoms with Gasteiger partial charge in [-0.3, -0.25) is 0 Å². The van der Waals surface area contributed by atoms with Crippen LogP contribution in [-0.2, 0) is 9.47 Å². The zero-order valence-electron chi connectivity index (χ0n) is 8.38. The first-order valence-electron chi connectivity index (χ1n) is 4.95. The number of nitrogens with one attached hydrogen (secondary N) is 2. The van der Waals surface area contributed by atoms with Crippen LogP contribution in [0, 0.1) is 5.92 Å². The zero-order chi connectivity index (χ0) is 9.80. The number of rotatable bonds is 3. The summed E-state index contributed by atoms with van der Waals surface area (Å²) in [5.74, 6) is 1.47. The summed E-state index contributed by atoms with van der Waals surface area (Å²) in [7, 11) is 0. The van der Waals surface area contributed by atoms with E-state index in [1.165, 1.54) is 0 Å². The van der Waals surface area contributed by atoms with Crippen molar-refractivity contribution in [2.75, 3.05) is 19.8 Å². The molecule has 0 radical (unpaired) electrons. The molecule has 4 heteroatoms. The van der Waals surface area contributed by atoms with Crippen LogP contribution in [0.1, 0.15) is 13.3 Å². The summed E-state index contributed by atoms with van der Waals surface area (Å²) in [5.41, 5.74) is 6.91. The molecule has 2 aliphatic heterocycles. The molecule has 2 rings (SSSR count). The fourth-order valence-corrected chi connectivity index (χ4v) is 1.52. The number of allylic oxidation sites excluding steroid dienone is 1. The summed E-state index contributed by atoms with van der Waals surface area (Å²) in [5, 5.41) is 0. The monoisotopic (exact) mass is 196 g/mol. The van der Waals surface area contributed by atoms with Gasteiger partial charge >= 0.3 is 0 Å². The third-order valence-electron chi connectivity index (χ3n) is 2.46. The lowest BCUT2D eigenvalue weighted by Gasteiger charge is -2.17. The molecule has 1 saturated heterocycles. The normalized spacial score (nSPS) is 25.9. The predicted molar refractivity (Wildman–Crippen MR) is 53.0 cm³/mol. The molecule has 2 heterocycles. The maximum Gasteiger partial charge on any atom is 0.141 e. The van der Waals surface area contributed by atoms with Crippen LogP contribution in [0.5, 0.6) is 0 Å². The first-order valence-corrected chi connectivity index (χ1v) is 4.95. The fraction of sp³-hybridized carbons (Fsp3) is 0.600. The molecular weight excluding hydrogens is 180 g/mol. The van der Waals surface area contributed by atoms with Crippen molar-refractivity contribution < 1.29 is 9.47 Å². The summed E-state index contributed by atoms with van der Waals surface area (Å²) in [6, 6.07) is 0. The van der Waals surface area contributed by atoms with Crippen LogP contribution >= 0.6 is 0 Å². The number of ether oxygens (including phenoxy) is 2. The molecular formula is C10H16N2O2. The Morgan fingerprint density at radius 1 is 1.50 bits per heavy atom. The minimum Gasteiger partial charge on any atom is -0.491 e. The molecule has 0 bridgehead atoms. The van der Waals surface area contributed by atoms with Gasteiger partial charge in [0.05, 0.1) is 19.4 Å². The smallest absolute Gasteiger partial charge is 0.141 e. The third-order valence-corrected chi connectivity index (χ3v) is 2.46. The van der Waals surface area contributed by atoms with Gasteiger partial charge < -0.3 is 20.3 Å². The van der Waals surface area contributed by atoms with Crippen LogP contribution in [0.15, 0.2) is 23.7 Å². The number of hydrazine groups is 1. The summed E-state index contributed by atoms with van der Waals surface area (Å²) in [6.45, 7) is 4.48. The van der Waals surface area contributed by atoms with E-state index in [0.717, 1.165) is 37.6 Å². The third kappa shape index (κ3) is 2.20. The van der Waals surface area contributed by atoms with E-state index in [-0.39, 0.29) is 0 Å². The molecule has 0 saturated carbocycles. The highest BCUT2D eigenvalue weighted by Gasteiger charge is 2.17. The molecule has 0 aromatic rings. The summed E-state index contributed by atoms with van der Waals surface area (Å²) in [4.78, 5) is 0. The van der Waals surface area contributed by atoms with Gasteiger partial charge in [-0.25, -0.2) is 0 Å². The van der Waals surface area contributed by atoms with Gasteiger partial charge in [0.15, 0.2) is 0 Å². The number of hydrogen-bond donors (Lipinski definition) is 2. The van der Waals surface area contributed by atoms with E-state index in [0.29, 0.717) is 5.92 Å². The Hall–Kier alpha value is -1.16. The van der Waals surface area contributed by atoms with Crippen molar-refractivity contribution in [3.05, 3.63) is 23.7 Å². The molecule has 2 N–H and O–H groups in total. The minimum absolute atomic E-state index is 0.554. The highest BCUT2D eigenvalue weighted by atomic mass is 16.5. The molecule has 78 valence electrons. The van der Waals surface area contributed by atoms with Gasteiger partial charge in [-0.1, -0.05) is 0 Å². The van der Waals surface area contributed by atoms with Crippen LogP contribution in [-0.4, -0.2) is 19.8 Å². The van der Waals surface area contributed by atoms with Gasteiger partial charge in [-0.2, -0.15) is 0 Å². The van der Waals surface area contributed by atoms with Crippen LogP contribution in [0.3, 0.4) is 0 Å². The molecule has 0 aromatic carbocycles. The molecule has 0 spiro atoms. The SMILES string of the molecule is CC1=CNNC=C1OCC1CCOC1. The van der Waals surface area contributed by atoms with E-state index in [1.807, 2.05) is 19.3 Å². The Labute approximate surface area is 83.9 Å². The Balaban J connectivity index is 1.79. The van der Waals surface area contributed by atoms with E-state index >= 15 is 0 Å². The zero-order valence-corrected chi connectivity index (χ0v) is 8.38. The second kappa shape index (κ2) is 4.37. The molecule has 1 atom stereocenters. The highest BCUT2D eigenvalue weighted by molar-refractivity contribution is 5.24. The first kappa shape index (κ1) is 9.40. The van der Waals surface area contributed by atoms with E-state index in [9.17, 15) is 0 Å². The molecule has 2 aliphatic rings. The van der Waals surface area contributed by atoms with E-state index < -0.39 is 0 Å². The molecule has 14 heavy (non-hydrogen) atoms. The van der Waals surface area contributed by atoms with Crippen molar-refractivity contribution >= 4 is 0 Å². The molecule has 0 aromatic heterocycles. The summed E-state index contributed by atoms with van der Waals surface area (Å²) in [6.07, 6.45) is 4.84. The topological polar surface area (TPSA) is 42.5 Å². The molecule has 1 unspecified atom stereocenters. The van der Waals surface area contributed by atoms with Gasteiger partial charge in [-0.05, 0) is 13.3 Å². The van der Waals surface area contributed by atoms with Crippen molar-refractivity contribution in [3.8, 4) is 0 Å². The lowest BCUT2D eigenvalue weighted by molar-refractivity contribution is 0.138. The first-order chi connectivity index (χ1) is 6.86. The van der Waals surface area contributed by atoms with Crippen LogP contribution in [0.2, 0.25) is 0 Å². The summed E-state index contributed by atoms with van der Waals surface area (Å²) >= 11 is 0. The summed E-state index contributed by atoms with van der Waals surface area (Å²) < 4.78 is 11.0. The van der Waals surface area contributed by atoms with E-state index in [4.69, 9.17) is 9.47 Å². The van der Waals surface area contributed by atoms with Crippen molar-refractivity contribution in [2.45, 2.75) is 13.3 Å². The van der Waals surface area contributed by atoms with Crippen LogP contribution < -0.4 is 10.9 Å². The lowest BCUT2D eigenvalue weighted by Crippen LogP contribution is -2.26. The molecule has 1 fully saturated rings. The van der Waals surface area contributed by atoms with Gasteiger partial charge in [0.1, 0.15) is 5.76 Å². The van der Waals surface area contributed by atoms with Crippen molar-refractivity contribution in [3.63, 3.8) is 0 Å². The fourth-order valence-electron chi connectivity index (χ4n) is 1.52. The van der Waals surface area contributed by atoms with Crippen LogP contribution in [0.25, 0.3) is 0 Å². The minimum atomic E-state index is 0.554. The second-order valence-corrected chi connectivity index (χ2v) is 3.67. The van der Waals surface area contributed by atoms with Gasteiger partial charge in [0, 0.05) is 24.3 Å². The van der Waals surface area contributed by atoms with Crippen molar-refractivity contribution in [2.24, 2.45) is 5.92 Å². The lowest BCUT2D eigenvalue weighted by atomic mass is 10.1. The maximum absolute atomic E-state index is 5.69. The Morgan fingerprint density at radius 3 is 3.07 bits per heavy atom. The van der Waals surface area contributed by atoms with E-state index in [1.54, 1.807) is 0 Å². The van der Waals surface area contributed by atoms with Gasteiger partial charge in [-0.15, -0.1) is 0 Å². The van der Waals surface area contributed by atoms with Gasteiger partial charge in [0.25, 0.3) is 0 Å². The highest BCUT2D eigenvalue weighted by Crippen LogP contribution is 2.17. The van der Waals surface area contributed by atoms with E-state index in [2.05, 4.69) is 10.9 Å². The van der Waals surface area contributed by atoms with Crippen molar-refractivity contribution in [1.29, 1.82) is 0 Å². The average molecular weight is 196 g/mol. The largest absolute Gasteiger partial charge is 0.491 e. The molecule has 0 aliphatic carbocycles. The van der Waals surface area contributed by atoms with Crippen molar-refractivity contribution in [1.82, 2.24) is 10.9 Å². The molecule has 0 amide bonds. The average Bonchev–Trinajstić information content (AvgIpc) is 2.69. The molecule has 4 nitrogen and oxygen atoms in total. The Morgan fingerprint density at radius 2 is 2.36 bits per heavy atom. The quantitative estimate of drug-likeness (QED) is 0.703. The standard InChI is InChI=1S/C10H16N2O2/c1-8-4-11-12-5-10(8)14-7-9-2-3-13-6-9/h4-5,9,11-12H,2-3,6-7H2,1H3. The number of hydrogen-bond acceptors (Lipinski definition) is 4.